The van der Waals surface area contributed by atoms with Crippen LogP contribution in [0.4, 0.5) is 0 Å². The standard InChI is InChI=1S/C15H13N3OS/c16-6-5-14-18-13(9-20-14)15(19)11-3-4-12-10(8-11)2-1-7-17-12/h1-4,7-9H,5-6,16H2. The van der Waals surface area contributed by atoms with Crippen molar-refractivity contribution in [1.29, 1.82) is 0 Å². The van der Waals surface area contributed by atoms with Crippen molar-refractivity contribution in [3.05, 3.63) is 58.2 Å². The zero-order valence-corrected chi connectivity index (χ0v) is 11.6. The van der Waals surface area contributed by atoms with Gasteiger partial charge in [0, 0.05) is 28.9 Å². The Bertz CT molecular complexity index is 766. The Hall–Kier alpha value is -2.11. The van der Waals surface area contributed by atoms with Gasteiger partial charge in [0.15, 0.2) is 0 Å². The third-order valence-corrected chi connectivity index (χ3v) is 3.92. The quantitative estimate of drug-likeness (QED) is 0.747. The predicted octanol–water partition coefficient (Wildman–Crippen LogP) is 2.42. The third-order valence-electron chi connectivity index (χ3n) is 3.01. The molecule has 0 atom stereocenters. The fraction of sp³-hybridized carbons (Fsp3) is 0.133. The average molecular weight is 283 g/mol. The number of nitrogens with two attached hydrogens (primary N) is 1. The summed E-state index contributed by atoms with van der Waals surface area (Å²) in [5.74, 6) is -0.0599. The van der Waals surface area contributed by atoms with Crippen molar-refractivity contribution in [2.75, 3.05) is 6.54 Å². The first-order valence-electron chi connectivity index (χ1n) is 6.32. The number of ketones is 1. The number of rotatable bonds is 4. The highest BCUT2D eigenvalue weighted by atomic mass is 32.1. The lowest BCUT2D eigenvalue weighted by Crippen LogP contribution is -2.05. The van der Waals surface area contributed by atoms with Gasteiger partial charge in [-0.05, 0) is 30.8 Å². The molecule has 0 saturated carbocycles. The van der Waals surface area contributed by atoms with Crippen molar-refractivity contribution < 1.29 is 4.79 Å². The van der Waals surface area contributed by atoms with E-state index in [1.165, 1.54) is 11.3 Å². The fourth-order valence-corrected chi connectivity index (χ4v) is 2.81. The first kappa shape index (κ1) is 12.9. The maximum atomic E-state index is 12.4. The Morgan fingerprint density at radius 3 is 3.05 bits per heavy atom. The number of aromatic nitrogens is 2. The van der Waals surface area contributed by atoms with Gasteiger partial charge >= 0.3 is 0 Å². The van der Waals surface area contributed by atoms with E-state index in [9.17, 15) is 4.79 Å². The van der Waals surface area contributed by atoms with Crippen molar-refractivity contribution in [2.45, 2.75) is 6.42 Å². The molecule has 0 fully saturated rings. The van der Waals surface area contributed by atoms with E-state index < -0.39 is 0 Å². The van der Waals surface area contributed by atoms with Gasteiger partial charge in [0.2, 0.25) is 5.78 Å². The largest absolute Gasteiger partial charge is 0.330 e. The molecule has 3 rings (SSSR count). The van der Waals surface area contributed by atoms with Gasteiger partial charge in [0.1, 0.15) is 5.69 Å². The molecule has 2 heterocycles. The molecule has 100 valence electrons. The summed E-state index contributed by atoms with van der Waals surface area (Å²) in [5, 5.41) is 3.65. The molecule has 2 aromatic heterocycles. The van der Waals surface area contributed by atoms with Crippen LogP contribution in [0.1, 0.15) is 21.1 Å². The molecule has 20 heavy (non-hydrogen) atoms. The summed E-state index contributed by atoms with van der Waals surface area (Å²) in [6, 6.07) is 9.31. The molecule has 0 bridgehead atoms. The van der Waals surface area contributed by atoms with Crippen LogP contribution in [0, 0.1) is 0 Å². The first-order chi connectivity index (χ1) is 9.78. The van der Waals surface area contributed by atoms with E-state index in [2.05, 4.69) is 9.97 Å². The zero-order valence-electron chi connectivity index (χ0n) is 10.7. The monoisotopic (exact) mass is 283 g/mol. The molecule has 0 aliphatic carbocycles. The lowest BCUT2D eigenvalue weighted by Gasteiger charge is -2.00. The van der Waals surface area contributed by atoms with E-state index in [0.717, 1.165) is 15.9 Å². The van der Waals surface area contributed by atoms with Crippen LogP contribution in [0.2, 0.25) is 0 Å². The third kappa shape index (κ3) is 2.45. The Morgan fingerprint density at radius 1 is 1.30 bits per heavy atom. The van der Waals surface area contributed by atoms with Crippen LogP contribution in [-0.4, -0.2) is 22.3 Å². The van der Waals surface area contributed by atoms with Crippen LogP contribution < -0.4 is 5.73 Å². The minimum Gasteiger partial charge on any atom is -0.330 e. The van der Waals surface area contributed by atoms with E-state index in [-0.39, 0.29) is 5.78 Å². The Balaban J connectivity index is 1.94. The van der Waals surface area contributed by atoms with Crippen LogP contribution >= 0.6 is 11.3 Å². The van der Waals surface area contributed by atoms with Gasteiger partial charge in [0.25, 0.3) is 0 Å². The number of hydrogen-bond donors (Lipinski definition) is 1. The maximum Gasteiger partial charge on any atom is 0.212 e. The van der Waals surface area contributed by atoms with Crippen molar-refractivity contribution in [2.24, 2.45) is 5.73 Å². The van der Waals surface area contributed by atoms with Gasteiger partial charge in [-0.1, -0.05) is 6.07 Å². The molecule has 4 nitrogen and oxygen atoms in total. The van der Waals surface area contributed by atoms with E-state index in [4.69, 9.17) is 5.73 Å². The smallest absolute Gasteiger partial charge is 0.212 e. The van der Waals surface area contributed by atoms with E-state index in [1.54, 1.807) is 17.6 Å². The number of thiazole rings is 1. The van der Waals surface area contributed by atoms with E-state index in [1.807, 2.05) is 24.3 Å². The Morgan fingerprint density at radius 2 is 2.20 bits per heavy atom. The molecule has 0 amide bonds. The minimum atomic E-state index is -0.0599. The molecule has 0 unspecified atom stereocenters. The van der Waals surface area contributed by atoms with Gasteiger partial charge < -0.3 is 5.73 Å². The minimum absolute atomic E-state index is 0.0599. The summed E-state index contributed by atoms with van der Waals surface area (Å²) < 4.78 is 0. The van der Waals surface area contributed by atoms with Crippen LogP contribution in [0.5, 0.6) is 0 Å². The molecule has 3 aromatic rings. The lowest BCUT2D eigenvalue weighted by atomic mass is 10.1. The van der Waals surface area contributed by atoms with Gasteiger partial charge in [-0.25, -0.2) is 4.98 Å². The Labute approximate surface area is 120 Å². The molecule has 0 aliphatic heterocycles. The first-order valence-corrected chi connectivity index (χ1v) is 7.20. The summed E-state index contributed by atoms with van der Waals surface area (Å²) in [7, 11) is 0. The summed E-state index contributed by atoms with van der Waals surface area (Å²) >= 11 is 1.48. The number of hydrogen-bond acceptors (Lipinski definition) is 5. The normalized spacial score (nSPS) is 10.8. The van der Waals surface area contributed by atoms with E-state index in [0.29, 0.717) is 24.2 Å². The van der Waals surface area contributed by atoms with Gasteiger partial charge in [0.05, 0.1) is 10.5 Å². The molecule has 0 saturated heterocycles. The second-order valence-corrected chi connectivity index (χ2v) is 5.35. The summed E-state index contributed by atoms with van der Waals surface area (Å²) in [6.07, 6.45) is 2.45. The highest BCUT2D eigenvalue weighted by Crippen LogP contribution is 2.18. The molecule has 0 radical (unpaired) electrons. The maximum absolute atomic E-state index is 12.4. The second-order valence-electron chi connectivity index (χ2n) is 4.41. The van der Waals surface area contributed by atoms with Crippen LogP contribution in [0.15, 0.2) is 41.9 Å². The van der Waals surface area contributed by atoms with Gasteiger partial charge in [-0.3, -0.25) is 9.78 Å². The Kier molecular flexibility index (Phi) is 3.54. The second kappa shape index (κ2) is 5.48. The number of benzene rings is 1. The van der Waals surface area contributed by atoms with Gasteiger partial charge in [-0.2, -0.15) is 0 Å². The van der Waals surface area contributed by atoms with Crippen LogP contribution in [0.25, 0.3) is 10.9 Å². The molecule has 0 aliphatic rings. The summed E-state index contributed by atoms with van der Waals surface area (Å²) in [4.78, 5) is 21.0. The van der Waals surface area contributed by atoms with Crippen molar-refractivity contribution in [3.63, 3.8) is 0 Å². The number of nitrogens with zero attached hydrogens (tertiary/aromatic N) is 2. The molecule has 2 N–H and O–H groups in total. The number of fused-ring (bicyclic) bond motifs is 1. The van der Waals surface area contributed by atoms with Crippen molar-refractivity contribution >= 4 is 28.0 Å². The fourth-order valence-electron chi connectivity index (χ4n) is 2.02. The lowest BCUT2D eigenvalue weighted by molar-refractivity contribution is 0.103. The zero-order chi connectivity index (χ0) is 13.9. The summed E-state index contributed by atoms with van der Waals surface area (Å²) in [6.45, 7) is 0.544. The predicted molar refractivity (Wildman–Crippen MR) is 80.0 cm³/mol. The SMILES string of the molecule is NCCc1nc(C(=O)c2ccc3ncccc3c2)cs1. The average Bonchev–Trinajstić information content (AvgIpc) is 2.95. The topological polar surface area (TPSA) is 68.9 Å². The van der Waals surface area contributed by atoms with Crippen LogP contribution in [-0.2, 0) is 6.42 Å². The van der Waals surface area contributed by atoms with Gasteiger partial charge in [-0.15, -0.1) is 11.3 Å². The molecule has 0 spiro atoms. The number of carbonyl (C=O) groups is 1. The van der Waals surface area contributed by atoms with Crippen molar-refractivity contribution in [3.8, 4) is 0 Å². The molecule has 5 heteroatoms. The molecule has 1 aromatic carbocycles. The molecular formula is C15H13N3OS. The number of pyridine rings is 1. The van der Waals surface area contributed by atoms with E-state index >= 15 is 0 Å². The summed E-state index contributed by atoms with van der Waals surface area (Å²) in [5.41, 5.74) is 7.50. The van der Waals surface area contributed by atoms with Crippen LogP contribution in [0.3, 0.4) is 0 Å². The highest BCUT2D eigenvalue weighted by Gasteiger charge is 2.13. The highest BCUT2D eigenvalue weighted by molar-refractivity contribution is 7.09. The number of carbonyl (C=O) groups excluding carboxylic acids is 1. The molecular weight excluding hydrogens is 270 g/mol. The van der Waals surface area contributed by atoms with Crippen molar-refractivity contribution in [1.82, 2.24) is 9.97 Å².